The molecule has 88 valence electrons. The van der Waals surface area contributed by atoms with E-state index in [0.717, 1.165) is 32.4 Å². The van der Waals surface area contributed by atoms with Gasteiger partial charge in [0, 0.05) is 25.2 Å². The van der Waals surface area contributed by atoms with Crippen molar-refractivity contribution in [2.75, 3.05) is 13.1 Å². The van der Waals surface area contributed by atoms with E-state index >= 15 is 0 Å². The number of hydrogen-bond donors (Lipinski definition) is 1. The molecule has 0 saturated carbocycles. The molecular formula is C12H19N3O. The minimum atomic E-state index is -0.230. The molecular weight excluding hydrogens is 202 g/mol. The van der Waals surface area contributed by atoms with Crippen molar-refractivity contribution in [3.05, 3.63) is 18.0 Å². The molecule has 2 rings (SSSR count). The molecule has 0 aromatic carbocycles. The van der Waals surface area contributed by atoms with Gasteiger partial charge in [-0.2, -0.15) is 5.10 Å². The average molecular weight is 221 g/mol. The summed E-state index contributed by atoms with van der Waals surface area (Å²) < 4.78 is 1.69. The summed E-state index contributed by atoms with van der Waals surface area (Å²) in [6.07, 6.45) is 4.76. The Bertz CT molecular complexity index is 377. The highest BCUT2D eigenvalue weighted by Crippen LogP contribution is 2.33. The van der Waals surface area contributed by atoms with Crippen LogP contribution in [0.3, 0.4) is 0 Å². The molecule has 1 aliphatic rings. The number of nitrogens with zero attached hydrogens (tertiary/aromatic N) is 2. The first-order valence-electron chi connectivity index (χ1n) is 5.93. The minimum Gasteiger partial charge on any atom is -0.316 e. The molecule has 0 amide bonds. The molecule has 1 atom stereocenters. The highest BCUT2D eigenvalue weighted by atomic mass is 16.1. The zero-order chi connectivity index (χ0) is 11.6. The third-order valence-corrected chi connectivity index (χ3v) is 3.58. The van der Waals surface area contributed by atoms with Gasteiger partial charge in [0.2, 0.25) is 0 Å². The van der Waals surface area contributed by atoms with Crippen molar-refractivity contribution in [3.63, 3.8) is 0 Å². The summed E-state index contributed by atoms with van der Waals surface area (Å²) in [5.74, 6) is 0.197. The molecule has 1 N–H and O–H groups in total. The maximum Gasteiger partial charge on any atom is 0.190 e. The van der Waals surface area contributed by atoms with Crippen LogP contribution in [0, 0.1) is 5.41 Å². The van der Waals surface area contributed by atoms with Crippen molar-refractivity contribution >= 4 is 5.78 Å². The maximum atomic E-state index is 12.5. The van der Waals surface area contributed by atoms with Gasteiger partial charge < -0.3 is 5.32 Å². The maximum absolute atomic E-state index is 12.5. The minimum absolute atomic E-state index is 0.197. The Hall–Kier alpha value is -1.16. The number of Topliss-reactive ketones (excluding diaryl/α,β-unsaturated/α-hetero) is 1. The third kappa shape index (κ3) is 1.89. The van der Waals surface area contributed by atoms with Crippen molar-refractivity contribution in [2.45, 2.75) is 26.2 Å². The average Bonchev–Trinajstić information content (AvgIpc) is 2.76. The predicted molar refractivity (Wildman–Crippen MR) is 62.4 cm³/mol. The molecule has 1 aromatic rings. The lowest BCUT2D eigenvalue weighted by Crippen LogP contribution is -2.45. The summed E-state index contributed by atoms with van der Waals surface area (Å²) in [5.41, 5.74) is 0.375. The fraction of sp³-hybridized carbons (Fsp3) is 0.667. The Morgan fingerprint density at radius 3 is 3.00 bits per heavy atom. The second-order valence-corrected chi connectivity index (χ2v) is 4.62. The molecule has 1 unspecified atom stereocenters. The van der Waals surface area contributed by atoms with Gasteiger partial charge in [-0.05, 0) is 31.9 Å². The van der Waals surface area contributed by atoms with E-state index in [0.29, 0.717) is 5.69 Å². The van der Waals surface area contributed by atoms with E-state index in [1.54, 1.807) is 4.68 Å². The number of nitrogens with one attached hydrogen (secondary N) is 1. The van der Waals surface area contributed by atoms with Crippen LogP contribution in [0.1, 0.15) is 36.7 Å². The van der Waals surface area contributed by atoms with Gasteiger partial charge in [-0.3, -0.25) is 9.48 Å². The van der Waals surface area contributed by atoms with Crippen LogP contribution in [-0.2, 0) is 7.05 Å². The van der Waals surface area contributed by atoms with E-state index < -0.39 is 0 Å². The van der Waals surface area contributed by atoms with Gasteiger partial charge in [0.05, 0.1) is 0 Å². The highest BCUT2D eigenvalue weighted by Gasteiger charge is 2.39. The van der Waals surface area contributed by atoms with Gasteiger partial charge in [-0.25, -0.2) is 0 Å². The Morgan fingerprint density at radius 1 is 1.69 bits per heavy atom. The molecule has 0 spiro atoms. The summed E-state index contributed by atoms with van der Waals surface area (Å²) in [7, 11) is 1.84. The molecule has 2 heterocycles. The second kappa shape index (κ2) is 4.37. The van der Waals surface area contributed by atoms with Gasteiger partial charge in [0.1, 0.15) is 5.69 Å². The molecule has 0 radical (unpaired) electrons. The fourth-order valence-corrected chi connectivity index (χ4v) is 2.43. The zero-order valence-electron chi connectivity index (χ0n) is 9.99. The van der Waals surface area contributed by atoms with Crippen molar-refractivity contribution in [1.82, 2.24) is 15.1 Å². The van der Waals surface area contributed by atoms with Crippen LogP contribution >= 0.6 is 0 Å². The van der Waals surface area contributed by atoms with E-state index in [1.807, 2.05) is 19.3 Å². The number of rotatable bonds is 3. The quantitative estimate of drug-likeness (QED) is 0.784. The van der Waals surface area contributed by atoms with Gasteiger partial charge in [0.15, 0.2) is 5.78 Å². The monoisotopic (exact) mass is 221 g/mol. The van der Waals surface area contributed by atoms with Crippen LogP contribution in [0.4, 0.5) is 0 Å². The van der Waals surface area contributed by atoms with Crippen LogP contribution in [0.5, 0.6) is 0 Å². The van der Waals surface area contributed by atoms with E-state index in [1.165, 1.54) is 0 Å². The topological polar surface area (TPSA) is 46.9 Å². The Morgan fingerprint density at radius 2 is 2.50 bits per heavy atom. The lowest BCUT2D eigenvalue weighted by molar-refractivity contribution is 0.0724. The smallest absolute Gasteiger partial charge is 0.190 e. The van der Waals surface area contributed by atoms with Crippen molar-refractivity contribution in [2.24, 2.45) is 12.5 Å². The van der Waals surface area contributed by atoms with Crippen LogP contribution in [0.2, 0.25) is 0 Å². The van der Waals surface area contributed by atoms with Gasteiger partial charge in [-0.1, -0.05) is 6.92 Å². The molecule has 16 heavy (non-hydrogen) atoms. The van der Waals surface area contributed by atoms with E-state index in [2.05, 4.69) is 17.3 Å². The molecule has 1 saturated heterocycles. The Kier molecular flexibility index (Phi) is 3.10. The van der Waals surface area contributed by atoms with Gasteiger partial charge in [0.25, 0.3) is 0 Å². The van der Waals surface area contributed by atoms with Crippen LogP contribution in [0.25, 0.3) is 0 Å². The number of carbonyl (C=O) groups is 1. The molecule has 4 heteroatoms. The van der Waals surface area contributed by atoms with E-state index in [-0.39, 0.29) is 11.2 Å². The zero-order valence-corrected chi connectivity index (χ0v) is 9.99. The summed E-state index contributed by atoms with van der Waals surface area (Å²) in [6, 6.07) is 1.81. The second-order valence-electron chi connectivity index (χ2n) is 4.62. The standard InChI is InChI=1S/C12H19N3O/c1-3-12(6-4-7-13-9-12)11(16)10-5-8-15(2)14-10/h5,8,13H,3-4,6-7,9H2,1-2H3. The number of ketones is 1. The first-order valence-corrected chi connectivity index (χ1v) is 5.93. The number of hydrogen-bond acceptors (Lipinski definition) is 3. The number of aryl methyl sites for hydroxylation is 1. The molecule has 0 aliphatic carbocycles. The Balaban J connectivity index is 2.24. The summed E-state index contributed by atoms with van der Waals surface area (Å²) in [4.78, 5) is 12.5. The van der Waals surface area contributed by atoms with E-state index in [9.17, 15) is 4.79 Å². The summed E-state index contributed by atoms with van der Waals surface area (Å²) in [5, 5.41) is 7.55. The van der Waals surface area contributed by atoms with Crippen molar-refractivity contribution < 1.29 is 4.79 Å². The predicted octanol–water partition coefficient (Wildman–Crippen LogP) is 1.38. The lowest BCUT2D eigenvalue weighted by Gasteiger charge is -2.34. The first kappa shape index (κ1) is 11.3. The molecule has 4 nitrogen and oxygen atoms in total. The van der Waals surface area contributed by atoms with Crippen LogP contribution in [-0.4, -0.2) is 28.7 Å². The number of piperidine rings is 1. The highest BCUT2D eigenvalue weighted by molar-refractivity contribution is 5.99. The van der Waals surface area contributed by atoms with Gasteiger partial charge >= 0.3 is 0 Å². The lowest BCUT2D eigenvalue weighted by atomic mass is 9.74. The number of aromatic nitrogens is 2. The van der Waals surface area contributed by atoms with Crippen LogP contribution < -0.4 is 5.32 Å². The fourth-order valence-electron chi connectivity index (χ4n) is 2.43. The van der Waals surface area contributed by atoms with Crippen molar-refractivity contribution in [3.8, 4) is 0 Å². The summed E-state index contributed by atoms with van der Waals surface area (Å²) >= 11 is 0. The largest absolute Gasteiger partial charge is 0.316 e. The van der Waals surface area contributed by atoms with E-state index in [4.69, 9.17) is 0 Å². The van der Waals surface area contributed by atoms with Crippen LogP contribution in [0.15, 0.2) is 12.3 Å². The van der Waals surface area contributed by atoms with Gasteiger partial charge in [-0.15, -0.1) is 0 Å². The van der Waals surface area contributed by atoms with Crippen molar-refractivity contribution in [1.29, 1.82) is 0 Å². The normalized spacial score (nSPS) is 25.6. The SMILES string of the molecule is CCC1(C(=O)c2ccn(C)n2)CCCNC1. The Labute approximate surface area is 96.0 Å². The first-order chi connectivity index (χ1) is 7.68. The molecule has 0 bridgehead atoms. The molecule has 1 aliphatic heterocycles. The number of carbonyl (C=O) groups excluding carboxylic acids is 1. The third-order valence-electron chi connectivity index (χ3n) is 3.58. The molecule has 1 fully saturated rings. The summed E-state index contributed by atoms with van der Waals surface area (Å²) in [6.45, 7) is 3.91. The molecule has 1 aromatic heterocycles.